The second-order valence-corrected chi connectivity index (χ2v) is 12.2. The molecule has 3 heterocycles. The number of rotatable bonds is 9. The summed E-state index contributed by atoms with van der Waals surface area (Å²) in [6.07, 6.45) is 2.53. The highest BCUT2D eigenvalue weighted by Gasteiger charge is 2.33. The molecule has 0 spiro atoms. The molecule has 0 unspecified atom stereocenters. The zero-order valence-corrected chi connectivity index (χ0v) is 20.7. The minimum absolute atomic E-state index is 0.0422. The Morgan fingerprint density at radius 2 is 2.13 bits per heavy atom. The molecule has 3 rings (SSSR count). The first-order chi connectivity index (χ1) is 14.7. The lowest BCUT2D eigenvalue weighted by Crippen LogP contribution is -2.49. The maximum atomic E-state index is 13.2. The fourth-order valence-corrected chi connectivity index (χ4v) is 6.64. The molecule has 1 aliphatic heterocycles. The number of aromatic nitrogens is 1. The van der Waals surface area contributed by atoms with E-state index in [2.05, 4.69) is 29.0 Å². The van der Waals surface area contributed by atoms with Gasteiger partial charge in [0.25, 0.3) is 0 Å². The summed E-state index contributed by atoms with van der Waals surface area (Å²) < 4.78 is 33.6. The molecule has 1 fully saturated rings. The fourth-order valence-electron chi connectivity index (χ4n) is 3.49. The van der Waals surface area contributed by atoms with Crippen molar-refractivity contribution in [2.45, 2.75) is 45.3 Å². The number of carbonyl (C=O) groups is 1. The van der Waals surface area contributed by atoms with E-state index in [0.29, 0.717) is 15.4 Å². The number of hydrogen-bond acceptors (Lipinski definition) is 8. The van der Waals surface area contributed by atoms with Gasteiger partial charge in [0.1, 0.15) is 5.01 Å². The van der Waals surface area contributed by atoms with Crippen LogP contribution in [0.5, 0.6) is 5.06 Å². The highest BCUT2D eigenvalue weighted by Crippen LogP contribution is 2.28. The SMILES string of the molecule is CC(C)N1CCC(N(Cc2nccs2)S(=O)(=O)CCNC(=O)Oc2ccc(Cl)s2)CC1. The molecule has 1 saturated heterocycles. The lowest BCUT2D eigenvalue weighted by atomic mass is 10.0. The third kappa shape index (κ3) is 7.13. The van der Waals surface area contributed by atoms with Gasteiger partial charge in [0.2, 0.25) is 10.0 Å². The lowest BCUT2D eigenvalue weighted by molar-refractivity contribution is 0.130. The van der Waals surface area contributed by atoms with Gasteiger partial charge in [-0.2, -0.15) is 4.31 Å². The number of halogens is 1. The van der Waals surface area contributed by atoms with Crippen molar-refractivity contribution in [2.24, 2.45) is 0 Å². The molecule has 1 aliphatic rings. The normalized spacial score (nSPS) is 16.2. The second kappa shape index (κ2) is 11.1. The van der Waals surface area contributed by atoms with Crippen molar-refractivity contribution < 1.29 is 17.9 Å². The van der Waals surface area contributed by atoms with Gasteiger partial charge in [0.05, 0.1) is 16.6 Å². The third-order valence-electron chi connectivity index (χ3n) is 5.14. The second-order valence-electron chi connectivity index (χ2n) is 7.52. The molecule has 0 atom stereocenters. The highest BCUT2D eigenvalue weighted by molar-refractivity contribution is 7.89. The summed E-state index contributed by atoms with van der Waals surface area (Å²) in [5, 5.41) is 5.47. The first kappa shape index (κ1) is 24.4. The molecule has 0 aliphatic carbocycles. The Hall–Kier alpha value is -1.24. The molecule has 8 nitrogen and oxygen atoms in total. The van der Waals surface area contributed by atoms with Crippen LogP contribution in [0, 0.1) is 0 Å². The summed E-state index contributed by atoms with van der Waals surface area (Å²) >= 11 is 8.39. The van der Waals surface area contributed by atoms with Crippen LogP contribution in [-0.2, 0) is 16.6 Å². The molecule has 12 heteroatoms. The number of carbonyl (C=O) groups excluding carboxylic acids is 1. The number of thiophene rings is 1. The maximum absolute atomic E-state index is 13.2. The van der Waals surface area contributed by atoms with Crippen LogP contribution in [0.25, 0.3) is 0 Å². The van der Waals surface area contributed by atoms with Crippen LogP contribution in [0.3, 0.4) is 0 Å². The summed E-state index contributed by atoms with van der Waals surface area (Å²) in [7, 11) is -3.61. The number of piperidine rings is 1. The van der Waals surface area contributed by atoms with E-state index in [1.54, 1.807) is 22.6 Å². The number of thiazole rings is 1. The first-order valence-corrected chi connectivity index (χ1v) is 13.8. The minimum atomic E-state index is -3.61. The van der Waals surface area contributed by atoms with E-state index >= 15 is 0 Å². The molecule has 0 radical (unpaired) electrons. The average molecular weight is 507 g/mol. The first-order valence-electron chi connectivity index (χ1n) is 10.1. The van der Waals surface area contributed by atoms with Crippen LogP contribution >= 0.6 is 34.3 Å². The van der Waals surface area contributed by atoms with Gasteiger partial charge < -0.3 is 15.0 Å². The monoisotopic (exact) mass is 506 g/mol. The number of sulfonamides is 1. The summed E-state index contributed by atoms with van der Waals surface area (Å²) in [4.78, 5) is 18.6. The van der Waals surface area contributed by atoms with E-state index < -0.39 is 16.1 Å². The molecule has 31 heavy (non-hydrogen) atoms. The molecule has 0 aromatic carbocycles. The summed E-state index contributed by atoms with van der Waals surface area (Å²) in [5.74, 6) is -0.205. The van der Waals surface area contributed by atoms with Crippen LogP contribution in [0.4, 0.5) is 4.79 Å². The van der Waals surface area contributed by atoms with Crippen molar-refractivity contribution in [3.8, 4) is 5.06 Å². The standard InChI is InChI=1S/C19H27ClN4O4S3/c1-14(2)23-9-5-15(6-10-23)24(13-17-21-7-11-29-17)31(26,27)12-8-22-19(25)28-18-4-3-16(20)30-18/h3-4,7,11,14-15H,5-6,8-10,12-13H2,1-2H3,(H,22,25). The number of ether oxygens (including phenoxy) is 1. The number of hydrogen-bond donors (Lipinski definition) is 1. The van der Waals surface area contributed by atoms with E-state index in [9.17, 15) is 13.2 Å². The van der Waals surface area contributed by atoms with Gasteiger partial charge in [-0.25, -0.2) is 18.2 Å². The average Bonchev–Trinajstić information content (AvgIpc) is 3.37. The molecular formula is C19H27ClN4O4S3. The number of likely N-dealkylation sites (tertiary alicyclic amines) is 1. The molecule has 172 valence electrons. The van der Waals surface area contributed by atoms with Crippen LogP contribution in [0.15, 0.2) is 23.7 Å². The van der Waals surface area contributed by atoms with Crippen molar-refractivity contribution in [3.05, 3.63) is 33.1 Å². The molecule has 0 saturated carbocycles. The van der Waals surface area contributed by atoms with Crippen LogP contribution in [0.2, 0.25) is 4.34 Å². The number of nitrogens with one attached hydrogen (secondary N) is 1. The van der Waals surface area contributed by atoms with Crippen molar-refractivity contribution >= 4 is 50.4 Å². The summed E-state index contributed by atoms with van der Waals surface area (Å²) in [6, 6.07) is 3.57. The van der Waals surface area contributed by atoms with Crippen molar-refractivity contribution in [3.63, 3.8) is 0 Å². The largest absolute Gasteiger partial charge is 0.413 e. The predicted octanol–water partition coefficient (Wildman–Crippen LogP) is 3.65. The van der Waals surface area contributed by atoms with Gasteiger partial charge >= 0.3 is 6.09 Å². The smallest absolute Gasteiger partial charge is 0.399 e. The summed E-state index contributed by atoms with van der Waals surface area (Å²) in [5.41, 5.74) is 0. The predicted molar refractivity (Wildman–Crippen MR) is 125 cm³/mol. The van der Waals surface area contributed by atoms with Crippen LogP contribution in [-0.4, -0.2) is 66.2 Å². The van der Waals surface area contributed by atoms with Gasteiger partial charge in [-0.1, -0.05) is 22.9 Å². The third-order valence-corrected chi connectivity index (χ3v) is 8.88. The van der Waals surface area contributed by atoms with Crippen molar-refractivity contribution in [1.29, 1.82) is 0 Å². The molecular weight excluding hydrogens is 480 g/mol. The van der Waals surface area contributed by atoms with Crippen LogP contribution in [0.1, 0.15) is 31.7 Å². The van der Waals surface area contributed by atoms with Gasteiger partial charge in [-0.15, -0.1) is 11.3 Å². The van der Waals surface area contributed by atoms with E-state index in [0.717, 1.165) is 42.3 Å². The van der Waals surface area contributed by atoms with Gasteiger partial charge in [-0.05, 0) is 51.9 Å². The van der Waals surface area contributed by atoms with Crippen LogP contribution < -0.4 is 10.1 Å². The number of amides is 1. The Morgan fingerprint density at radius 3 is 2.71 bits per heavy atom. The Morgan fingerprint density at radius 1 is 1.39 bits per heavy atom. The van der Waals surface area contributed by atoms with Crippen molar-refractivity contribution in [2.75, 3.05) is 25.4 Å². The Balaban J connectivity index is 1.59. The quantitative estimate of drug-likeness (QED) is 0.558. The molecule has 2 aromatic heterocycles. The van der Waals surface area contributed by atoms with Crippen molar-refractivity contribution in [1.82, 2.24) is 19.5 Å². The lowest BCUT2D eigenvalue weighted by Gasteiger charge is -2.39. The molecule has 2 aromatic rings. The Labute approximate surface area is 196 Å². The van der Waals surface area contributed by atoms with E-state index in [4.69, 9.17) is 16.3 Å². The Kier molecular flexibility index (Phi) is 8.71. The zero-order chi connectivity index (χ0) is 22.4. The van der Waals surface area contributed by atoms with Gasteiger partial charge in [0.15, 0.2) is 5.06 Å². The molecule has 0 bridgehead atoms. The topological polar surface area (TPSA) is 91.8 Å². The minimum Gasteiger partial charge on any atom is -0.399 e. The highest BCUT2D eigenvalue weighted by atomic mass is 35.5. The molecule has 1 N–H and O–H groups in total. The molecule has 1 amide bonds. The van der Waals surface area contributed by atoms with Gasteiger partial charge in [-0.3, -0.25) is 0 Å². The summed E-state index contributed by atoms with van der Waals surface area (Å²) in [6.45, 7) is 6.24. The maximum Gasteiger partial charge on any atom is 0.413 e. The van der Waals surface area contributed by atoms with E-state index in [1.807, 2.05) is 5.38 Å². The fraction of sp³-hybridized carbons (Fsp3) is 0.579. The zero-order valence-electron chi connectivity index (χ0n) is 17.5. The van der Waals surface area contributed by atoms with E-state index in [-0.39, 0.29) is 24.9 Å². The van der Waals surface area contributed by atoms with Gasteiger partial charge in [0, 0.05) is 30.2 Å². The van der Waals surface area contributed by atoms with E-state index in [1.165, 1.54) is 11.3 Å². The Bertz CT molecular complexity index is 941. The number of nitrogens with zero attached hydrogens (tertiary/aromatic N) is 3.